The van der Waals surface area contributed by atoms with Crippen molar-refractivity contribution in [1.29, 1.82) is 0 Å². The fourth-order valence-corrected chi connectivity index (χ4v) is 9.71. The normalized spacial score (nSPS) is 13.0. The molecule has 3 aromatic heterocycles. The molecule has 0 radical (unpaired) electrons. The van der Waals surface area contributed by atoms with Gasteiger partial charge in [0, 0.05) is 44.3 Å². The number of para-hydroxylation sites is 3. The first-order valence-corrected chi connectivity index (χ1v) is 21.0. The molecule has 0 saturated heterocycles. The Balaban J connectivity index is 1.11. The summed E-state index contributed by atoms with van der Waals surface area (Å²) >= 11 is 0. The van der Waals surface area contributed by atoms with Crippen molar-refractivity contribution in [3.8, 4) is 79.4 Å². The number of rotatable bonds is 5. The van der Waals surface area contributed by atoms with Crippen LogP contribution >= 0.6 is 0 Å². The molecule has 13 rings (SSSR count). The van der Waals surface area contributed by atoms with Gasteiger partial charge in [-0.15, -0.1) is 0 Å². The van der Waals surface area contributed by atoms with Gasteiger partial charge >= 0.3 is 0 Å². The lowest BCUT2D eigenvalue weighted by atomic mass is 9.66. The Labute approximate surface area is 362 Å². The summed E-state index contributed by atoms with van der Waals surface area (Å²) in [6.07, 6.45) is 0. The fraction of sp³-hybridized carbons (Fsp3) is 0.0179. The average molecular weight is 808 g/mol. The third-order valence-electron chi connectivity index (χ3n) is 12.4. The van der Waals surface area contributed by atoms with Gasteiger partial charge in [-0.2, -0.15) is 0 Å². The molecule has 8 aromatic carbocycles. The molecule has 0 amide bonds. The maximum Gasteiger partial charge on any atom is 0.180 e. The standard InChI is InChI=1S/C56H33N5O2/c1-4-17-34(18-5-1)49-51-50(39-23-10-13-28-45(39)63-51)58-55(57-49)40-24-16-27-43-48(40)38-32-31-37(33-44(38)56(43)41-25-11-14-29-46(41)62-47-30-15-12-26-42(47)56)54-60-52(35-19-6-2-7-20-35)59-53(61-54)36-21-8-3-9-22-36/h1-33H. The summed E-state index contributed by atoms with van der Waals surface area (Å²) in [6.45, 7) is 0. The lowest BCUT2D eigenvalue weighted by molar-refractivity contribution is 0.436. The van der Waals surface area contributed by atoms with Crippen molar-refractivity contribution < 1.29 is 9.15 Å². The molecule has 11 aromatic rings. The molecule has 1 aliphatic carbocycles. The fourth-order valence-electron chi connectivity index (χ4n) is 9.71. The van der Waals surface area contributed by atoms with E-state index in [4.69, 9.17) is 34.1 Å². The van der Waals surface area contributed by atoms with Crippen LogP contribution in [0.15, 0.2) is 205 Å². The predicted molar refractivity (Wildman–Crippen MR) is 247 cm³/mol. The highest BCUT2D eigenvalue weighted by atomic mass is 16.5. The van der Waals surface area contributed by atoms with Crippen LogP contribution in [0.25, 0.3) is 90.0 Å². The minimum absolute atomic E-state index is 0.582. The topological polar surface area (TPSA) is 86.8 Å². The van der Waals surface area contributed by atoms with Gasteiger partial charge in [-0.05, 0) is 52.6 Å². The second-order valence-electron chi connectivity index (χ2n) is 15.9. The van der Waals surface area contributed by atoms with Gasteiger partial charge in [0.05, 0.1) is 5.41 Å². The van der Waals surface area contributed by atoms with E-state index in [2.05, 4.69) is 91.0 Å². The van der Waals surface area contributed by atoms with Crippen LogP contribution in [-0.2, 0) is 5.41 Å². The molecule has 63 heavy (non-hydrogen) atoms. The van der Waals surface area contributed by atoms with Crippen LogP contribution in [0, 0.1) is 0 Å². The second kappa shape index (κ2) is 13.7. The number of aromatic nitrogens is 5. The molecule has 0 saturated carbocycles. The number of fused-ring (bicyclic) bond motifs is 12. The Kier molecular flexibility index (Phi) is 7.68. The summed E-state index contributed by atoms with van der Waals surface area (Å²) in [5.74, 6) is 4.02. The van der Waals surface area contributed by atoms with Crippen LogP contribution in [-0.4, -0.2) is 24.9 Å². The van der Waals surface area contributed by atoms with E-state index in [-0.39, 0.29) is 0 Å². The highest BCUT2D eigenvalue weighted by molar-refractivity contribution is 6.07. The number of ether oxygens (including phenoxy) is 1. The number of benzene rings is 8. The monoisotopic (exact) mass is 807 g/mol. The molecule has 2 aliphatic rings. The molecule has 0 bridgehead atoms. The molecule has 0 fully saturated rings. The smallest absolute Gasteiger partial charge is 0.180 e. The zero-order valence-electron chi connectivity index (χ0n) is 33.6. The Morgan fingerprint density at radius 2 is 0.921 bits per heavy atom. The molecule has 7 heteroatoms. The van der Waals surface area contributed by atoms with Crippen molar-refractivity contribution in [2.45, 2.75) is 5.41 Å². The molecule has 0 N–H and O–H groups in total. The quantitative estimate of drug-likeness (QED) is 0.171. The van der Waals surface area contributed by atoms with Crippen molar-refractivity contribution in [1.82, 2.24) is 24.9 Å². The molecular formula is C56H33N5O2. The van der Waals surface area contributed by atoms with E-state index in [1.54, 1.807) is 0 Å². The molecular weight excluding hydrogens is 775 g/mol. The first-order valence-electron chi connectivity index (χ1n) is 21.0. The Morgan fingerprint density at radius 1 is 0.365 bits per heavy atom. The maximum absolute atomic E-state index is 6.73. The van der Waals surface area contributed by atoms with Crippen LogP contribution in [0.1, 0.15) is 22.3 Å². The van der Waals surface area contributed by atoms with Crippen LogP contribution in [0.5, 0.6) is 11.5 Å². The highest BCUT2D eigenvalue weighted by Crippen LogP contribution is 2.63. The van der Waals surface area contributed by atoms with Crippen molar-refractivity contribution in [3.63, 3.8) is 0 Å². The third-order valence-corrected chi connectivity index (χ3v) is 12.4. The summed E-state index contributed by atoms with van der Waals surface area (Å²) in [7, 11) is 0. The SMILES string of the molecule is c1ccc(-c2nc(-c3ccccc3)nc(-c3ccc4c(c3)C3(c5ccccc5Oc5ccccc53)c3cccc(-c5nc(-c6ccccc6)c6oc7ccccc7c6n5)c3-4)n2)cc1. The molecule has 0 atom stereocenters. The third kappa shape index (κ3) is 5.30. The number of hydrogen-bond acceptors (Lipinski definition) is 7. The first kappa shape index (κ1) is 35.2. The van der Waals surface area contributed by atoms with Crippen molar-refractivity contribution >= 4 is 22.1 Å². The summed E-state index contributed by atoms with van der Waals surface area (Å²) < 4.78 is 13.2. The van der Waals surface area contributed by atoms with E-state index < -0.39 is 5.41 Å². The number of nitrogens with zero attached hydrogens (tertiary/aromatic N) is 5. The number of hydrogen-bond donors (Lipinski definition) is 0. The summed E-state index contributed by atoms with van der Waals surface area (Å²) in [6, 6.07) is 68.4. The van der Waals surface area contributed by atoms with Gasteiger partial charge in [-0.1, -0.05) is 170 Å². The zero-order valence-corrected chi connectivity index (χ0v) is 33.6. The molecule has 294 valence electrons. The van der Waals surface area contributed by atoms with Gasteiger partial charge in [-0.25, -0.2) is 24.9 Å². The Morgan fingerprint density at radius 3 is 1.59 bits per heavy atom. The van der Waals surface area contributed by atoms with Gasteiger partial charge < -0.3 is 9.15 Å². The van der Waals surface area contributed by atoms with Crippen molar-refractivity contribution in [2.75, 3.05) is 0 Å². The van der Waals surface area contributed by atoms with E-state index in [0.717, 1.165) is 94.9 Å². The maximum atomic E-state index is 6.73. The summed E-state index contributed by atoms with van der Waals surface area (Å²) in [4.78, 5) is 26.1. The zero-order chi connectivity index (χ0) is 41.5. The van der Waals surface area contributed by atoms with Crippen molar-refractivity contribution in [2.24, 2.45) is 0 Å². The van der Waals surface area contributed by atoms with Crippen LogP contribution in [0.3, 0.4) is 0 Å². The molecule has 7 nitrogen and oxygen atoms in total. The van der Waals surface area contributed by atoms with Crippen LogP contribution in [0.2, 0.25) is 0 Å². The van der Waals surface area contributed by atoms with E-state index in [9.17, 15) is 0 Å². The summed E-state index contributed by atoms with van der Waals surface area (Å²) in [5, 5.41) is 0.941. The van der Waals surface area contributed by atoms with Gasteiger partial charge in [0.25, 0.3) is 0 Å². The van der Waals surface area contributed by atoms with E-state index in [0.29, 0.717) is 28.9 Å². The molecule has 0 unspecified atom stereocenters. The largest absolute Gasteiger partial charge is 0.457 e. The van der Waals surface area contributed by atoms with E-state index >= 15 is 0 Å². The highest BCUT2D eigenvalue weighted by Gasteiger charge is 2.52. The van der Waals surface area contributed by atoms with Crippen LogP contribution in [0.4, 0.5) is 0 Å². The first-order chi connectivity index (χ1) is 31.2. The predicted octanol–water partition coefficient (Wildman–Crippen LogP) is 13.4. The van der Waals surface area contributed by atoms with Crippen LogP contribution < -0.4 is 4.74 Å². The Hall–Kier alpha value is -8.55. The minimum atomic E-state index is -0.783. The lowest BCUT2D eigenvalue weighted by Gasteiger charge is -2.39. The van der Waals surface area contributed by atoms with E-state index in [1.807, 2.05) is 109 Å². The Bertz CT molecular complexity index is 3500. The van der Waals surface area contributed by atoms with Gasteiger partial charge in [0.1, 0.15) is 28.3 Å². The average Bonchev–Trinajstić information content (AvgIpc) is 3.88. The van der Waals surface area contributed by atoms with Gasteiger partial charge in [0.2, 0.25) is 0 Å². The lowest BCUT2D eigenvalue weighted by Crippen LogP contribution is -2.32. The number of furan rings is 1. The molecule has 1 aliphatic heterocycles. The van der Waals surface area contributed by atoms with Gasteiger partial charge in [-0.3, -0.25) is 0 Å². The van der Waals surface area contributed by atoms with Gasteiger partial charge in [0.15, 0.2) is 28.9 Å². The minimum Gasteiger partial charge on any atom is -0.457 e. The van der Waals surface area contributed by atoms with E-state index in [1.165, 1.54) is 0 Å². The molecule has 4 heterocycles. The summed E-state index contributed by atoms with van der Waals surface area (Å²) in [5.41, 5.74) is 13.2. The van der Waals surface area contributed by atoms with Crippen molar-refractivity contribution in [3.05, 3.63) is 222 Å². The molecule has 1 spiro atoms. The second-order valence-corrected chi connectivity index (χ2v) is 15.9.